The molecule has 0 aliphatic heterocycles. The zero-order valence-electron chi connectivity index (χ0n) is 20.5. The molecule has 3 amide bonds. The SMILES string of the molecule is COc1cccc(/C=N\NC(=O)C(=O)Nc2c(C)cccc2C)c1OCC(=O)Nc1ccccc1C. The van der Waals surface area contributed by atoms with Gasteiger partial charge in [-0.3, -0.25) is 14.4 Å². The van der Waals surface area contributed by atoms with Crippen LogP contribution in [0.2, 0.25) is 0 Å². The molecule has 3 aromatic rings. The zero-order valence-corrected chi connectivity index (χ0v) is 20.5. The van der Waals surface area contributed by atoms with Crippen LogP contribution in [-0.4, -0.2) is 37.7 Å². The topological polar surface area (TPSA) is 118 Å². The van der Waals surface area contributed by atoms with Crippen molar-refractivity contribution in [2.45, 2.75) is 20.8 Å². The average Bonchev–Trinajstić information content (AvgIpc) is 2.86. The lowest BCUT2D eigenvalue weighted by molar-refractivity contribution is -0.136. The molecule has 0 aromatic heterocycles. The summed E-state index contributed by atoms with van der Waals surface area (Å²) in [6, 6.07) is 18.0. The maximum atomic E-state index is 12.4. The minimum absolute atomic E-state index is 0.262. The first-order valence-corrected chi connectivity index (χ1v) is 11.2. The minimum Gasteiger partial charge on any atom is -0.493 e. The fraction of sp³-hybridized carbons (Fsp3) is 0.185. The van der Waals surface area contributed by atoms with E-state index in [1.165, 1.54) is 13.3 Å². The van der Waals surface area contributed by atoms with Crippen LogP contribution in [0, 0.1) is 20.8 Å². The Morgan fingerprint density at radius 2 is 1.50 bits per heavy atom. The molecule has 0 spiro atoms. The Labute approximate surface area is 209 Å². The monoisotopic (exact) mass is 488 g/mol. The van der Waals surface area contributed by atoms with E-state index in [0.29, 0.717) is 22.7 Å². The van der Waals surface area contributed by atoms with Crippen LogP contribution in [0.5, 0.6) is 11.5 Å². The second-order valence-corrected chi connectivity index (χ2v) is 7.95. The zero-order chi connectivity index (χ0) is 26.1. The number of rotatable bonds is 8. The summed E-state index contributed by atoms with van der Waals surface area (Å²) in [5.41, 5.74) is 6.51. The molecule has 0 bridgehead atoms. The molecule has 0 aliphatic carbocycles. The first-order chi connectivity index (χ1) is 17.3. The summed E-state index contributed by atoms with van der Waals surface area (Å²) in [6.45, 7) is 5.29. The molecule has 186 valence electrons. The molecule has 3 N–H and O–H groups in total. The lowest BCUT2D eigenvalue weighted by Crippen LogP contribution is -2.32. The number of amides is 3. The first kappa shape index (κ1) is 26.0. The maximum absolute atomic E-state index is 12.4. The van der Waals surface area contributed by atoms with Crippen LogP contribution >= 0.6 is 0 Å². The molecule has 0 heterocycles. The van der Waals surface area contributed by atoms with Gasteiger partial charge in [-0.05, 0) is 55.7 Å². The molecular weight excluding hydrogens is 460 g/mol. The molecule has 9 nitrogen and oxygen atoms in total. The van der Waals surface area contributed by atoms with Gasteiger partial charge in [-0.2, -0.15) is 5.10 Å². The molecular formula is C27H28N4O5. The third-order valence-electron chi connectivity index (χ3n) is 5.29. The largest absolute Gasteiger partial charge is 0.493 e. The number of carbonyl (C=O) groups excluding carboxylic acids is 3. The Morgan fingerprint density at radius 1 is 0.833 bits per heavy atom. The number of hydrogen-bond acceptors (Lipinski definition) is 6. The van der Waals surface area contributed by atoms with Gasteiger partial charge >= 0.3 is 11.8 Å². The molecule has 0 aliphatic rings. The third kappa shape index (κ3) is 6.69. The van der Waals surface area contributed by atoms with Gasteiger partial charge in [0.2, 0.25) is 0 Å². The maximum Gasteiger partial charge on any atom is 0.329 e. The van der Waals surface area contributed by atoms with Crippen molar-refractivity contribution in [3.05, 3.63) is 82.9 Å². The van der Waals surface area contributed by atoms with Crippen molar-refractivity contribution < 1.29 is 23.9 Å². The highest BCUT2D eigenvalue weighted by atomic mass is 16.5. The Bertz CT molecular complexity index is 1280. The van der Waals surface area contributed by atoms with E-state index in [2.05, 4.69) is 21.2 Å². The van der Waals surface area contributed by atoms with Crippen LogP contribution in [0.3, 0.4) is 0 Å². The fourth-order valence-electron chi connectivity index (χ4n) is 3.38. The van der Waals surface area contributed by atoms with Gasteiger partial charge in [0, 0.05) is 16.9 Å². The molecule has 0 fully saturated rings. The minimum atomic E-state index is -0.933. The van der Waals surface area contributed by atoms with Crippen molar-refractivity contribution in [1.82, 2.24) is 5.43 Å². The number of benzene rings is 3. The third-order valence-corrected chi connectivity index (χ3v) is 5.29. The van der Waals surface area contributed by atoms with Gasteiger partial charge in [-0.25, -0.2) is 5.43 Å². The predicted octanol–water partition coefficient (Wildman–Crippen LogP) is 3.73. The lowest BCUT2D eigenvalue weighted by atomic mass is 10.1. The van der Waals surface area contributed by atoms with Gasteiger partial charge in [0.15, 0.2) is 18.1 Å². The molecule has 3 aromatic carbocycles. The summed E-state index contributed by atoms with van der Waals surface area (Å²) in [6.07, 6.45) is 1.31. The van der Waals surface area contributed by atoms with E-state index in [9.17, 15) is 14.4 Å². The molecule has 3 rings (SSSR count). The molecule has 0 saturated carbocycles. The van der Waals surface area contributed by atoms with E-state index < -0.39 is 11.8 Å². The number of nitrogens with zero attached hydrogens (tertiary/aromatic N) is 1. The van der Waals surface area contributed by atoms with Gasteiger partial charge in [0.25, 0.3) is 5.91 Å². The number of methoxy groups -OCH3 is 1. The van der Waals surface area contributed by atoms with Gasteiger partial charge in [-0.1, -0.05) is 42.5 Å². The number of hydrogen-bond donors (Lipinski definition) is 3. The van der Waals surface area contributed by atoms with E-state index in [4.69, 9.17) is 9.47 Å². The van der Waals surface area contributed by atoms with Crippen LogP contribution in [0.15, 0.2) is 65.8 Å². The van der Waals surface area contributed by atoms with Crippen molar-refractivity contribution in [3.8, 4) is 11.5 Å². The van der Waals surface area contributed by atoms with Crippen molar-refractivity contribution in [2.75, 3.05) is 24.4 Å². The quantitative estimate of drug-likeness (QED) is 0.254. The number of nitrogens with one attached hydrogen (secondary N) is 3. The number of aryl methyl sites for hydroxylation is 3. The van der Waals surface area contributed by atoms with Crippen LogP contribution in [0.25, 0.3) is 0 Å². The average molecular weight is 489 g/mol. The van der Waals surface area contributed by atoms with Gasteiger partial charge in [0.05, 0.1) is 13.3 Å². The van der Waals surface area contributed by atoms with Crippen molar-refractivity contribution in [3.63, 3.8) is 0 Å². The van der Waals surface area contributed by atoms with E-state index in [1.54, 1.807) is 24.3 Å². The summed E-state index contributed by atoms with van der Waals surface area (Å²) < 4.78 is 11.1. The summed E-state index contributed by atoms with van der Waals surface area (Å²) >= 11 is 0. The Kier molecular flexibility index (Phi) is 8.77. The Morgan fingerprint density at radius 3 is 2.19 bits per heavy atom. The van der Waals surface area contributed by atoms with Crippen LogP contribution in [0.4, 0.5) is 11.4 Å². The highest BCUT2D eigenvalue weighted by Gasteiger charge is 2.16. The van der Waals surface area contributed by atoms with E-state index >= 15 is 0 Å². The van der Waals surface area contributed by atoms with E-state index in [0.717, 1.165) is 16.7 Å². The Hall–Kier alpha value is -4.66. The van der Waals surface area contributed by atoms with Gasteiger partial charge in [-0.15, -0.1) is 0 Å². The van der Waals surface area contributed by atoms with Gasteiger partial charge < -0.3 is 20.1 Å². The lowest BCUT2D eigenvalue weighted by Gasteiger charge is -2.14. The van der Waals surface area contributed by atoms with Crippen LogP contribution in [0.1, 0.15) is 22.3 Å². The van der Waals surface area contributed by atoms with E-state index in [-0.39, 0.29) is 18.3 Å². The predicted molar refractivity (Wildman–Crippen MR) is 139 cm³/mol. The second kappa shape index (κ2) is 12.2. The molecule has 0 radical (unpaired) electrons. The van der Waals surface area contributed by atoms with Crippen molar-refractivity contribution in [1.29, 1.82) is 0 Å². The normalized spacial score (nSPS) is 10.6. The van der Waals surface area contributed by atoms with Crippen LogP contribution < -0.4 is 25.5 Å². The highest BCUT2D eigenvalue weighted by molar-refractivity contribution is 6.39. The Balaban J connectivity index is 1.65. The summed E-state index contributed by atoms with van der Waals surface area (Å²) in [7, 11) is 1.47. The fourth-order valence-corrected chi connectivity index (χ4v) is 3.38. The number of carbonyl (C=O) groups is 3. The highest BCUT2D eigenvalue weighted by Crippen LogP contribution is 2.30. The number of ether oxygens (including phenoxy) is 2. The number of hydrazone groups is 1. The standard InChI is InChI=1S/C27H28N4O5/c1-17-9-5-6-13-21(17)29-23(32)16-36-25-20(12-8-14-22(25)35-4)15-28-31-27(34)26(33)30-24-18(2)10-7-11-19(24)3/h5-15H,16H2,1-4H3,(H,29,32)(H,30,33)(H,31,34)/b28-15-. The first-order valence-electron chi connectivity index (χ1n) is 11.2. The molecule has 0 saturated heterocycles. The van der Waals surface area contributed by atoms with Gasteiger partial charge in [0.1, 0.15) is 0 Å². The summed E-state index contributed by atoms with van der Waals surface area (Å²) in [4.78, 5) is 36.9. The van der Waals surface area contributed by atoms with Crippen LogP contribution in [-0.2, 0) is 14.4 Å². The van der Waals surface area contributed by atoms with Crippen molar-refractivity contribution in [2.24, 2.45) is 5.10 Å². The summed E-state index contributed by atoms with van der Waals surface area (Å²) in [5.74, 6) is -1.49. The number of para-hydroxylation sites is 3. The number of anilines is 2. The molecule has 0 unspecified atom stereocenters. The molecule has 36 heavy (non-hydrogen) atoms. The van der Waals surface area contributed by atoms with E-state index in [1.807, 2.05) is 57.2 Å². The second-order valence-electron chi connectivity index (χ2n) is 7.95. The summed E-state index contributed by atoms with van der Waals surface area (Å²) in [5, 5.41) is 9.27. The van der Waals surface area contributed by atoms with Crippen molar-refractivity contribution >= 4 is 35.3 Å². The molecule has 0 atom stereocenters. The molecule has 9 heteroatoms. The smallest absolute Gasteiger partial charge is 0.329 e.